The molecular formula is C26H37N5O. The molecule has 2 aliphatic rings. The Morgan fingerprint density at radius 2 is 1.66 bits per heavy atom. The Hall–Kier alpha value is -2.57. The molecule has 2 N–H and O–H groups in total. The van der Waals surface area contributed by atoms with Gasteiger partial charge < -0.3 is 20.3 Å². The summed E-state index contributed by atoms with van der Waals surface area (Å²) in [6, 6.07) is 20.0. The maximum absolute atomic E-state index is 5.46. The van der Waals surface area contributed by atoms with Crippen LogP contribution in [-0.4, -0.2) is 63.3 Å². The zero-order valence-corrected chi connectivity index (χ0v) is 19.3. The summed E-state index contributed by atoms with van der Waals surface area (Å²) in [5.74, 6) is 0.880. The molecule has 0 bridgehead atoms. The van der Waals surface area contributed by atoms with Gasteiger partial charge in [-0.3, -0.25) is 4.90 Å². The van der Waals surface area contributed by atoms with Gasteiger partial charge in [-0.15, -0.1) is 0 Å². The zero-order valence-electron chi connectivity index (χ0n) is 19.3. The second-order valence-electron chi connectivity index (χ2n) is 8.51. The Labute approximate surface area is 192 Å². The molecule has 2 aromatic carbocycles. The molecule has 0 saturated carbocycles. The second-order valence-corrected chi connectivity index (χ2v) is 8.51. The lowest BCUT2D eigenvalue weighted by molar-refractivity contribution is 0.122. The summed E-state index contributed by atoms with van der Waals surface area (Å²) in [5.41, 5.74) is 3.86. The highest BCUT2D eigenvalue weighted by Gasteiger charge is 2.23. The Morgan fingerprint density at radius 1 is 0.938 bits per heavy atom. The highest BCUT2D eigenvalue weighted by molar-refractivity contribution is 5.79. The van der Waals surface area contributed by atoms with Gasteiger partial charge >= 0.3 is 0 Å². The van der Waals surface area contributed by atoms with Crippen molar-refractivity contribution >= 4 is 11.6 Å². The van der Waals surface area contributed by atoms with Crippen molar-refractivity contribution in [3.63, 3.8) is 0 Å². The van der Waals surface area contributed by atoms with Gasteiger partial charge in [-0.05, 0) is 56.1 Å². The molecule has 172 valence electrons. The van der Waals surface area contributed by atoms with Crippen molar-refractivity contribution in [2.45, 2.75) is 32.4 Å². The number of nitrogens with one attached hydrogen (secondary N) is 2. The molecule has 2 saturated heterocycles. The number of rotatable bonds is 8. The lowest BCUT2D eigenvalue weighted by Crippen LogP contribution is -2.42. The average molecular weight is 436 g/mol. The number of hydrogen-bond donors (Lipinski definition) is 2. The Morgan fingerprint density at radius 3 is 2.34 bits per heavy atom. The average Bonchev–Trinajstić information content (AvgIpc) is 3.39. The maximum atomic E-state index is 5.46. The Bertz CT molecular complexity index is 827. The number of anilines is 1. The van der Waals surface area contributed by atoms with Gasteiger partial charge in [0.2, 0.25) is 0 Å². The van der Waals surface area contributed by atoms with Crippen molar-refractivity contribution in [2.75, 3.05) is 57.4 Å². The van der Waals surface area contributed by atoms with E-state index in [1.165, 1.54) is 42.7 Å². The summed E-state index contributed by atoms with van der Waals surface area (Å²) in [5, 5.41) is 7.02. The van der Waals surface area contributed by atoms with Crippen LogP contribution < -0.4 is 15.5 Å². The van der Waals surface area contributed by atoms with Crippen LogP contribution in [0.15, 0.2) is 59.6 Å². The molecule has 1 unspecified atom stereocenters. The number of hydrogen-bond acceptors (Lipinski definition) is 4. The minimum absolute atomic E-state index is 0.371. The number of guanidine groups is 1. The first kappa shape index (κ1) is 22.6. The molecule has 2 aromatic rings. The van der Waals surface area contributed by atoms with Crippen molar-refractivity contribution in [2.24, 2.45) is 4.99 Å². The van der Waals surface area contributed by atoms with E-state index >= 15 is 0 Å². The highest BCUT2D eigenvalue weighted by atomic mass is 16.5. The molecule has 6 nitrogen and oxygen atoms in total. The van der Waals surface area contributed by atoms with Crippen molar-refractivity contribution in [1.82, 2.24) is 15.5 Å². The SMILES string of the molecule is CCNC(=NCc1ccc(N2CCOCC2)cc1)NCC(c1ccccc1)N1CCCC1. The molecule has 0 amide bonds. The van der Waals surface area contributed by atoms with Crippen LogP contribution in [0.2, 0.25) is 0 Å². The molecule has 2 heterocycles. The minimum atomic E-state index is 0.371. The summed E-state index contributed by atoms with van der Waals surface area (Å²) >= 11 is 0. The van der Waals surface area contributed by atoms with Gasteiger partial charge in [-0.1, -0.05) is 42.5 Å². The molecule has 2 fully saturated rings. The lowest BCUT2D eigenvalue weighted by atomic mass is 10.1. The van der Waals surface area contributed by atoms with Gasteiger partial charge in [0, 0.05) is 31.9 Å². The molecular weight excluding hydrogens is 398 g/mol. The van der Waals surface area contributed by atoms with Crippen LogP contribution in [0.5, 0.6) is 0 Å². The number of nitrogens with zero attached hydrogens (tertiary/aromatic N) is 3. The molecule has 0 radical (unpaired) electrons. The predicted molar refractivity (Wildman–Crippen MR) is 132 cm³/mol. The van der Waals surface area contributed by atoms with Gasteiger partial charge in [-0.2, -0.15) is 0 Å². The fourth-order valence-electron chi connectivity index (χ4n) is 4.53. The molecule has 32 heavy (non-hydrogen) atoms. The normalized spacial score (nSPS) is 18.5. The molecule has 6 heteroatoms. The molecule has 1 atom stereocenters. The summed E-state index contributed by atoms with van der Waals surface area (Å²) in [6.45, 7) is 10.4. The first-order chi connectivity index (χ1) is 15.8. The zero-order chi connectivity index (χ0) is 22.0. The number of morpholine rings is 1. The predicted octanol–water partition coefficient (Wildman–Crippen LogP) is 3.42. The smallest absolute Gasteiger partial charge is 0.191 e. The first-order valence-corrected chi connectivity index (χ1v) is 12.1. The van der Waals surface area contributed by atoms with E-state index in [0.717, 1.165) is 45.4 Å². The van der Waals surface area contributed by atoms with Gasteiger partial charge in [0.25, 0.3) is 0 Å². The van der Waals surface area contributed by atoms with Crippen molar-refractivity contribution in [1.29, 1.82) is 0 Å². The fourth-order valence-corrected chi connectivity index (χ4v) is 4.53. The van der Waals surface area contributed by atoms with Crippen LogP contribution in [0.25, 0.3) is 0 Å². The Kier molecular flexibility index (Phi) is 8.40. The van der Waals surface area contributed by atoms with E-state index in [9.17, 15) is 0 Å². The topological polar surface area (TPSA) is 52.1 Å². The van der Waals surface area contributed by atoms with Crippen molar-refractivity contribution in [3.8, 4) is 0 Å². The van der Waals surface area contributed by atoms with Crippen LogP contribution in [0.3, 0.4) is 0 Å². The second kappa shape index (κ2) is 11.9. The molecule has 0 aliphatic carbocycles. The molecule has 0 spiro atoms. The molecule has 2 aliphatic heterocycles. The number of ether oxygens (including phenoxy) is 1. The van der Waals surface area contributed by atoms with Gasteiger partial charge in [0.05, 0.1) is 25.8 Å². The largest absolute Gasteiger partial charge is 0.378 e. The minimum Gasteiger partial charge on any atom is -0.378 e. The van der Waals surface area contributed by atoms with Crippen LogP contribution in [-0.2, 0) is 11.3 Å². The summed E-state index contributed by atoms with van der Waals surface area (Å²) in [6.07, 6.45) is 2.58. The van der Waals surface area contributed by atoms with Crippen LogP contribution in [0, 0.1) is 0 Å². The van der Waals surface area contributed by atoms with E-state index in [1.54, 1.807) is 0 Å². The third-order valence-electron chi connectivity index (χ3n) is 6.31. The third-order valence-corrected chi connectivity index (χ3v) is 6.31. The summed E-state index contributed by atoms with van der Waals surface area (Å²) in [7, 11) is 0. The van der Waals surface area contributed by atoms with Gasteiger partial charge in [-0.25, -0.2) is 4.99 Å². The fraction of sp³-hybridized carbons (Fsp3) is 0.500. The van der Waals surface area contributed by atoms with E-state index in [1.807, 2.05) is 0 Å². The van der Waals surface area contributed by atoms with Crippen LogP contribution in [0.1, 0.15) is 36.9 Å². The summed E-state index contributed by atoms with van der Waals surface area (Å²) in [4.78, 5) is 9.83. The summed E-state index contributed by atoms with van der Waals surface area (Å²) < 4.78 is 5.46. The standard InChI is InChI=1S/C26H37N5O/c1-2-27-26(28-20-22-10-12-24(13-11-22)30-16-18-32-19-17-30)29-21-25(31-14-6-7-15-31)23-8-4-3-5-9-23/h3-5,8-13,25H,2,6-7,14-21H2,1H3,(H2,27,28,29). The highest BCUT2D eigenvalue weighted by Crippen LogP contribution is 2.24. The first-order valence-electron chi connectivity index (χ1n) is 12.1. The van der Waals surface area contributed by atoms with E-state index in [2.05, 4.69) is 82.0 Å². The monoisotopic (exact) mass is 435 g/mol. The maximum Gasteiger partial charge on any atom is 0.191 e. The van der Waals surface area contributed by atoms with E-state index in [-0.39, 0.29) is 0 Å². The van der Waals surface area contributed by atoms with Crippen molar-refractivity contribution in [3.05, 3.63) is 65.7 Å². The number of benzene rings is 2. The van der Waals surface area contributed by atoms with E-state index in [0.29, 0.717) is 12.6 Å². The van der Waals surface area contributed by atoms with E-state index in [4.69, 9.17) is 9.73 Å². The van der Waals surface area contributed by atoms with Gasteiger partial charge in [0.15, 0.2) is 5.96 Å². The van der Waals surface area contributed by atoms with Crippen LogP contribution >= 0.6 is 0 Å². The molecule has 4 rings (SSSR count). The Balaban J connectivity index is 1.37. The third kappa shape index (κ3) is 6.24. The number of likely N-dealkylation sites (tertiary alicyclic amines) is 1. The lowest BCUT2D eigenvalue weighted by Gasteiger charge is -2.29. The number of aliphatic imine (C=N–C) groups is 1. The van der Waals surface area contributed by atoms with Crippen molar-refractivity contribution < 1.29 is 4.74 Å². The molecule has 0 aromatic heterocycles. The van der Waals surface area contributed by atoms with Crippen LogP contribution in [0.4, 0.5) is 5.69 Å². The van der Waals surface area contributed by atoms with E-state index < -0.39 is 0 Å². The van der Waals surface area contributed by atoms with Gasteiger partial charge in [0.1, 0.15) is 0 Å². The quantitative estimate of drug-likeness (QED) is 0.492.